The van der Waals surface area contributed by atoms with Gasteiger partial charge in [-0.25, -0.2) is 14.4 Å². The molecule has 5 rings (SSSR count). The number of aromatic nitrogens is 3. The van der Waals surface area contributed by atoms with E-state index in [-0.39, 0.29) is 11.9 Å². The SMILES string of the molecule is CN(C)c1nc2ccccc2cc1CN1CCO[C@H](c2cncc(-c3cccc(F)c3)n2)C1. The maximum absolute atomic E-state index is 13.7. The summed E-state index contributed by atoms with van der Waals surface area (Å²) in [5, 5.41) is 1.14. The molecule has 0 unspecified atom stereocenters. The molecule has 0 amide bonds. The number of hydrogen-bond donors (Lipinski definition) is 0. The lowest BCUT2D eigenvalue weighted by atomic mass is 10.1. The second kappa shape index (κ2) is 9.21. The van der Waals surface area contributed by atoms with Gasteiger partial charge in [-0.15, -0.1) is 0 Å². The number of nitrogens with zero attached hydrogens (tertiary/aromatic N) is 5. The number of anilines is 1. The lowest BCUT2D eigenvalue weighted by molar-refractivity contribution is -0.0350. The van der Waals surface area contributed by atoms with Crippen LogP contribution in [0.1, 0.15) is 17.4 Å². The van der Waals surface area contributed by atoms with Crippen LogP contribution in [0.2, 0.25) is 0 Å². The summed E-state index contributed by atoms with van der Waals surface area (Å²) in [5.41, 5.74) is 4.27. The standard InChI is InChI=1S/C26H26FN5O/c1-31(2)26-20(12-18-6-3-4-9-22(18)30-26)16-32-10-11-33-25(17-32)24-15-28-14-23(29-24)19-7-5-8-21(27)13-19/h3-9,12-15,25H,10-11,16-17H2,1-2H3/t25-/m0/s1. The third kappa shape index (κ3) is 4.69. The number of pyridine rings is 1. The van der Waals surface area contributed by atoms with Crippen molar-refractivity contribution in [1.82, 2.24) is 19.9 Å². The van der Waals surface area contributed by atoms with Crippen molar-refractivity contribution in [2.45, 2.75) is 12.6 Å². The van der Waals surface area contributed by atoms with Crippen LogP contribution in [0.25, 0.3) is 22.2 Å². The minimum atomic E-state index is -0.291. The fraction of sp³-hybridized carbons (Fsp3) is 0.269. The summed E-state index contributed by atoms with van der Waals surface area (Å²) >= 11 is 0. The molecule has 0 saturated carbocycles. The molecule has 2 aromatic heterocycles. The monoisotopic (exact) mass is 443 g/mol. The highest BCUT2D eigenvalue weighted by Crippen LogP contribution is 2.27. The summed E-state index contributed by atoms with van der Waals surface area (Å²) in [7, 11) is 4.05. The Kier molecular flexibility index (Phi) is 5.98. The number of benzene rings is 2. The molecule has 1 saturated heterocycles. The average molecular weight is 444 g/mol. The molecule has 1 fully saturated rings. The van der Waals surface area contributed by atoms with E-state index in [2.05, 4.69) is 26.9 Å². The predicted octanol–water partition coefficient (Wildman–Crippen LogP) is 4.47. The van der Waals surface area contributed by atoms with Gasteiger partial charge in [-0.05, 0) is 24.3 Å². The highest BCUT2D eigenvalue weighted by atomic mass is 19.1. The van der Waals surface area contributed by atoms with Gasteiger partial charge in [0, 0.05) is 50.2 Å². The zero-order chi connectivity index (χ0) is 22.8. The largest absolute Gasteiger partial charge is 0.369 e. The smallest absolute Gasteiger partial charge is 0.133 e. The molecular formula is C26H26FN5O. The first-order valence-corrected chi connectivity index (χ1v) is 11.0. The average Bonchev–Trinajstić information content (AvgIpc) is 2.84. The molecule has 0 N–H and O–H groups in total. The van der Waals surface area contributed by atoms with Crippen LogP contribution < -0.4 is 4.90 Å². The van der Waals surface area contributed by atoms with Crippen LogP contribution in [0.3, 0.4) is 0 Å². The van der Waals surface area contributed by atoms with Crippen molar-refractivity contribution >= 4 is 16.7 Å². The zero-order valence-electron chi connectivity index (χ0n) is 18.8. The van der Waals surface area contributed by atoms with Gasteiger partial charge in [0.15, 0.2) is 0 Å². The Morgan fingerprint density at radius 2 is 1.94 bits per heavy atom. The number of halogens is 1. The topological polar surface area (TPSA) is 54.4 Å². The molecule has 7 heteroatoms. The molecule has 1 aliphatic heterocycles. The van der Waals surface area contributed by atoms with Crippen LogP contribution >= 0.6 is 0 Å². The van der Waals surface area contributed by atoms with Crippen molar-refractivity contribution in [1.29, 1.82) is 0 Å². The van der Waals surface area contributed by atoms with Crippen LogP contribution in [0, 0.1) is 5.82 Å². The van der Waals surface area contributed by atoms with E-state index in [1.807, 2.05) is 38.4 Å². The predicted molar refractivity (Wildman–Crippen MR) is 127 cm³/mol. The molecule has 33 heavy (non-hydrogen) atoms. The highest BCUT2D eigenvalue weighted by Gasteiger charge is 2.25. The lowest BCUT2D eigenvalue weighted by Gasteiger charge is -2.33. The third-order valence-electron chi connectivity index (χ3n) is 5.85. The Morgan fingerprint density at radius 3 is 2.79 bits per heavy atom. The molecule has 4 aromatic rings. The van der Waals surface area contributed by atoms with Crippen molar-refractivity contribution in [2.24, 2.45) is 0 Å². The zero-order valence-corrected chi connectivity index (χ0v) is 18.8. The van der Waals surface area contributed by atoms with Crippen molar-refractivity contribution in [2.75, 3.05) is 38.7 Å². The molecule has 168 valence electrons. The van der Waals surface area contributed by atoms with E-state index >= 15 is 0 Å². The lowest BCUT2D eigenvalue weighted by Crippen LogP contribution is -2.38. The molecule has 1 atom stereocenters. The van der Waals surface area contributed by atoms with E-state index in [9.17, 15) is 4.39 Å². The molecule has 2 aromatic carbocycles. The van der Waals surface area contributed by atoms with Crippen LogP contribution in [-0.4, -0.2) is 53.6 Å². The third-order valence-corrected chi connectivity index (χ3v) is 5.85. The van der Waals surface area contributed by atoms with Crippen LogP contribution in [-0.2, 0) is 11.3 Å². The normalized spacial score (nSPS) is 16.8. The van der Waals surface area contributed by atoms with E-state index in [1.165, 1.54) is 17.7 Å². The number of morpholine rings is 1. The summed E-state index contributed by atoms with van der Waals surface area (Å²) < 4.78 is 19.7. The van der Waals surface area contributed by atoms with E-state index in [4.69, 9.17) is 14.7 Å². The first-order valence-electron chi connectivity index (χ1n) is 11.0. The van der Waals surface area contributed by atoms with E-state index in [0.29, 0.717) is 24.4 Å². The van der Waals surface area contributed by atoms with Crippen molar-refractivity contribution in [3.05, 3.63) is 84.1 Å². The van der Waals surface area contributed by atoms with Crippen molar-refractivity contribution in [3.8, 4) is 11.3 Å². The van der Waals surface area contributed by atoms with Gasteiger partial charge in [0.1, 0.15) is 17.7 Å². The second-order valence-electron chi connectivity index (χ2n) is 8.49. The van der Waals surface area contributed by atoms with E-state index in [0.717, 1.165) is 35.5 Å². The summed E-state index contributed by atoms with van der Waals surface area (Å²) in [6, 6.07) is 16.8. The van der Waals surface area contributed by atoms with Gasteiger partial charge in [-0.1, -0.05) is 30.3 Å². The molecule has 0 spiro atoms. The Bertz CT molecular complexity index is 1280. The van der Waals surface area contributed by atoms with E-state index in [1.54, 1.807) is 18.5 Å². The summed E-state index contributed by atoms with van der Waals surface area (Å²) in [5.74, 6) is 0.685. The number of ether oxygens (including phenoxy) is 1. The Balaban J connectivity index is 1.38. The summed E-state index contributed by atoms with van der Waals surface area (Å²) in [6.45, 7) is 2.89. The Morgan fingerprint density at radius 1 is 1.06 bits per heavy atom. The number of hydrogen-bond acceptors (Lipinski definition) is 6. The van der Waals surface area contributed by atoms with Gasteiger partial charge >= 0.3 is 0 Å². The van der Waals surface area contributed by atoms with Gasteiger partial charge in [0.2, 0.25) is 0 Å². The van der Waals surface area contributed by atoms with Gasteiger partial charge < -0.3 is 9.64 Å². The van der Waals surface area contributed by atoms with Gasteiger partial charge in [0.25, 0.3) is 0 Å². The summed E-state index contributed by atoms with van der Waals surface area (Å²) in [4.78, 5) is 18.4. The van der Waals surface area contributed by atoms with Gasteiger partial charge in [-0.3, -0.25) is 9.88 Å². The fourth-order valence-electron chi connectivity index (χ4n) is 4.24. The van der Waals surface area contributed by atoms with Crippen LogP contribution in [0.15, 0.2) is 67.0 Å². The van der Waals surface area contributed by atoms with Gasteiger partial charge in [0.05, 0.1) is 35.9 Å². The first kappa shape index (κ1) is 21.4. The molecule has 6 nitrogen and oxygen atoms in total. The molecule has 0 aliphatic carbocycles. The van der Waals surface area contributed by atoms with Gasteiger partial charge in [-0.2, -0.15) is 0 Å². The Labute approximate surface area is 192 Å². The number of rotatable bonds is 5. The first-order chi connectivity index (χ1) is 16.1. The van der Waals surface area contributed by atoms with Crippen LogP contribution in [0.5, 0.6) is 0 Å². The maximum atomic E-state index is 13.7. The second-order valence-corrected chi connectivity index (χ2v) is 8.49. The number of fused-ring (bicyclic) bond motifs is 1. The van der Waals surface area contributed by atoms with Crippen LogP contribution in [0.4, 0.5) is 10.2 Å². The molecule has 0 radical (unpaired) electrons. The van der Waals surface area contributed by atoms with E-state index < -0.39 is 0 Å². The summed E-state index contributed by atoms with van der Waals surface area (Å²) in [6.07, 6.45) is 3.19. The number of para-hydroxylation sites is 1. The molecule has 3 heterocycles. The quantitative estimate of drug-likeness (QED) is 0.454. The minimum absolute atomic E-state index is 0.198. The molecule has 0 bridgehead atoms. The minimum Gasteiger partial charge on any atom is -0.369 e. The Hall–Kier alpha value is -3.42. The fourth-order valence-corrected chi connectivity index (χ4v) is 4.24. The van der Waals surface area contributed by atoms with Crippen molar-refractivity contribution in [3.63, 3.8) is 0 Å². The molecule has 1 aliphatic rings. The highest BCUT2D eigenvalue weighted by molar-refractivity contribution is 5.81. The molecular weight excluding hydrogens is 417 g/mol. The maximum Gasteiger partial charge on any atom is 0.133 e. The van der Waals surface area contributed by atoms with Crippen molar-refractivity contribution < 1.29 is 9.13 Å².